The average molecular weight is 321 g/mol. The third-order valence-corrected chi connectivity index (χ3v) is 3.29. The molecule has 0 unspecified atom stereocenters. The van der Waals surface area contributed by atoms with Crippen LogP contribution in [0.3, 0.4) is 0 Å². The minimum atomic E-state index is 0.715. The van der Waals surface area contributed by atoms with Gasteiger partial charge in [-0.15, -0.1) is 11.6 Å². The Hall–Kier alpha value is -0.250. The van der Waals surface area contributed by atoms with Crippen LogP contribution < -0.4 is 4.74 Å². The number of nitrogens with zero attached hydrogens (tertiary/aromatic N) is 1. The van der Waals surface area contributed by atoms with Gasteiger partial charge in [0.2, 0.25) is 0 Å². The Kier molecular flexibility index (Phi) is 7.65. The minimum Gasteiger partial charge on any atom is -0.492 e. The first-order valence-corrected chi connectivity index (χ1v) is 7.25. The fraction of sp³-hybridized carbons (Fsp3) is 0.538. The largest absolute Gasteiger partial charge is 0.492 e. The maximum absolute atomic E-state index is 5.69. The first kappa shape index (κ1) is 14.8. The predicted octanol–water partition coefficient (Wildman–Crippen LogP) is 3.78. The van der Waals surface area contributed by atoms with Crippen molar-refractivity contribution in [1.82, 2.24) is 4.90 Å². The summed E-state index contributed by atoms with van der Waals surface area (Å²) in [4.78, 5) is 2.35. The van der Waals surface area contributed by atoms with Crippen LogP contribution in [0.5, 0.6) is 5.75 Å². The second-order valence-electron chi connectivity index (χ2n) is 3.78. The van der Waals surface area contributed by atoms with Crippen LogP contribution in [0.1, 0.15) is 13.3 Å². The van der Waals surface area contributed by atoms with E-state index in [0.717, 1.165) is 42.2 Å². The molecule has 0 aromatic heterocycles. The highest BCUT2D eigenvalue weighted by Gasteiger charge is 2.02. The first-order valence-electron chi connectivity index (χ1n) is 5.93. The van der Waals surface area contributed by atoms with E-state index in [2.05, 4.69) is 27.8 Å². The standard InChI is InChI=1S/C13H19BrClNO/c1-2-16(8-4-7-15)9-10-17-13-6-3-5-12(14)11-13/h3,5-6,11H,2,4,7-10H2,1H3. The molecule has 0 saturated carbocycles. The number of likely N-dealkylation sites (N-methyl/N-ethyl adjacent to an activating group) is 1. The van der Waals surface area contributed by atoms with Gasteiger partial charge in [0.25, 0.3) is 0 Å². The van der Waals surface area contributed by atoms with E-state index in [0.29, 0.717) is 6.61 Å². The van der Waals surface area contributed by atoms with Gasteiger partial charge in [-0.05, 0) is 37.7 Å². The highest BCUT2D eigenvalue weighted by Crippen LogP contribution is 2.17. The summed E-state index contributed by atoms with van der Waals surface area (Å²) in [6.45, 7) is 5.90. The molecule has 0 radical (unpaired) electrons. The Morgan fingerprint density at radius 2 is 2.18 bits per heavy atom. The molecule has 0 spiro atoms. The molecule has 0 N–H and O–H groups in total. The lowest BCUT2D eigenvalue weighted by atomic mass is 10.3. The smallest absolute Gasteiger partial charge is 0.120 e. The molecule has 0 aliphatic carbocycles. The SMILES string of the molecule is CCN(CCCCl)CCOc1cccc(Br)c1. The molecule has 0 heterocycles. The van der Waals surface area contributed by atoms with Crippen LogP contribution in [-0.4, -0.2) is 37.0 Å². The zero-order chi connectivity index (χ0) is 12.5. The van der Waals surface area contributed by atoms with Crippen molar-refractivity contribution in [2.75, 3.05) is 32.1 Å². The second-order valence-corrected chi connectivity index (χ2v) is 5.08. The maximum Gasteiger partial charge on any atom is 0.120 e. The van der Waals surface area contributed by atoms with Crippen LogP contribution >= 0.6 is 27.5 Å². The van der Waals surface area contributed by atoms with Gasteiger partial charge >= 0.3 is 0 Å². The predicted molar refractivity (Wildman–Crippen MR) is 77.1 cm³/mol. The van der Waals surface area contributed by atoms with Gasteiger partial charge in [0.1, 0.15) is 12.4 Å². The maximum atomic E-state index is 5.69. The molecule has 1 rings (SSSR count). The van der Waals surface area contributed by atoms with E-state index >= 15 is 0 Å². The van der Waals surface area contributed by atoms with E-state index in [4.69, 9.17) is 16.3 Å². The lowest BCUT2D eigenvalue weighted by Crippen LogP contribution is -2.29. The van der Waals surface area contributed by atoms with E-state index in [-0.39, 0.29) is 0 Å². The summed E-state index contributed by atoms with van der Waals surface area (Å²) in [7, 11) is 0. The van der Waals surface area contributed by atoms with Crippen molar-refractivity contribution in [3.63, 3.8) is 0 Å². The van der Waals surface area contributed by atoms with E-state index in [9.17, 15) is 0 Å². The van der Waals surface area contributed by atoms with E-state index in [1.54, 1.807) is 0 Å². The van der Waals surface area contributed by atoms with Gasteiger partial charge in [0.15, 0.2) is 0 Å². The van der Waals surface area contributed by atoms with Gasteiger partial charge in [0, 0.05) is 16.9 Å². The molecule has 0 bridgehead atoms. The highest BCUT2D eigenvalue weighted by atomic mass is 79.9. The molecular weight excluding hydrogens is 302 g/mol. The van der Waals surface area contributed by atoms with Gasteiger partial charge in [-0.25, -0.2) is 0 Å². The fourth-order valence-electron chi connectivity index (χ4n) is 1.56. The Morgan fingerprint density at radius 1 is 1.35 bits per heavy atom. The molecule has 2 nitrogen and oxygen atoms in total. The molecule has 4 heteroatoms. The number of hydrogen-bond acceptors (Lipinski definition) is 2. The van der Waals surface area contributed by atoms with E-state index in [1.165, 1.54) is 0 Å². The van der Waals surface area contributed by atoms with Gasteiger partial charge in [-0.2, -0.15) is 0 Å². The summed E-state index contributed by atoms with van der Waals surface area (Å²) in [5.74, 6) is 1.64. The Labute approximate surface area is 117 Å². The average Bonchev–Trinajstić information content (AvgIpc) is 2.33. The van der Waals surface area contributed by atoms with Crippen LogP contribution in [0.2, 0.25) is 0 Å². The van der Waals surface area contributed by atoms with Crippen molar-refractivity contribution in [3.05, 3.63) is 28.7 Å². The third kappa shape index (κ3) is 6.29. The van der Waals surface area contributed by atoms with Crippen LogP contribution in [0.25, 0.3) is 0 Å². The molecular formula is C13H19BrClNO. The lowest BCUT2D eigenvalue weighted by Gasteiger charge is -2.19. The van der Waals surface area contributed by atoms with Crippen LogP contribution in [0.4, 0.5) is 0 Å². The molecule has 1 aromatic rings. The van der Waals surface area contributed by atoms with Crippen LogP contribution in [0.15, 0.2) is 28.7 Å². The molecule has 17 heavy (non-hydrogen) atoms. The zero-order valence-electron chi connectivity index (χ0n) is 10.2. The van der Waals surface area contributed by atoms with Gasteiger partial charge in [-0.1, -0.05) is 28.9 Å². The summed E-state index contributed by atoms with van der Waals surface area (Å²) in [6.07, 6.45) is 1.03. The number of hydrogen-bond donors (Lipinski definition) is 0. The van der Waals surface area contributed by atoms with Gasteiger partial charge < -0.3 is 9.64 Å². The van der Waals surface area contributed by atoms with Crippen molar-refractivity contribution in [2.24, 2.45) is 0 Å². The minimum absolute atomic E-state index is 0.715. The number of ether oxygens (including phenoxy) is 1. The Morgan fingerprint density at radius 3 is 2.82 bits per heavy atom. The molecule has 96 valence electrons. The molecule has 0 aliphatic rings. The first-order chi connectivity index (χ1) is 8.26. The number of alkyl halides is 1. The van der Waals surface area contributed by atoms with Crippen molar-refractivity contribution in [2.45, 2.75) is 13.3 Å². The van der Waals surface area contributed by atoms with Crippen molar-refractivity contribution in [3.8, 4) is 5.75 Å². The quantitative estimate of drug-likeness (QED) is 0.676. The fourth-order valence-corrected chi connectivity index (χ4v) is 2.06. The molecule has 1 aromatic carbocycles. The number of benzene rings is 1. The topological polar surface area (TPSA) is 12.5 Å². The van der Waals surface area contributed by atoms with E-state index in [1.807, 2.05) is 24.3 Å². The Balaban J connectivity index is 2.26. The summed E-state index contributed by atoms with van der Waals surface area (Å²) in [5, 5.41) is 0. The summed E-state index contributed by atoms with van der Waals surface area (Å²) in [6, 6.07) is 7.92. The molecule has 0 atom stereocenters. The van der Waals surface area contributed by atoms with Crippen molar-refractivity contribution in [1.29, 1.82) is 0 Å². The second kappa shape index (κ2) is 8.78. The normalized spacial score (nSPS) is 10.8. The number of rotatable bonds is 8. The molecule has 0 saturated heterocycles. The summed E-state index contributed by atoms with van der Waals surface area (Å²) >= 11 is 9.11. The van der Waals surface area contributed by atoms with Gasteiger partial charge in [0.05, 0.1) is 0 Å². The van der Waals surface area contributed by atoms with Crippen LogP contribution in [0, 0.1) is 0 Å². The van der Waals surface area contributed by atoms with Crippen molar-refractivity contribution < 1.29 is 4.74 Å². The zero-order valence-corrected chi connectivity index (χ0v) is 12.5. The Bertz CT molecular complexity index is 322. The molecule has 0 amide bonds. The van der Waals surface area contributed by atoms with Gasteiger partial charge in [-0.3, -0.25) is 0 Å². The monoisotopic (exact) mass is 319 g/mol. The van der Waals surface area contributed by atoms with Crippen LogP contribution in [-0.2, 0) is 0 Å². The summed E-state index contributed by atoms with van der Waals surface area (Å²) in [5.41, 5.74) is 0. The van der Waals surface area contributed by atoms with Crippen molar-refractivity contribution >= 4 is 27.5 Å². The summed E-state index contributed by atoms with van der Waals surface area (Å²) < 4.78 is 6.74. The lowest BCUT2D eigenvalue weighted by molar-refractivity contribution is 0.216. The highest BCUT2D eigenvalue weighted by molar-refractivity contribution is 9.10. The van der Waals surface area contributed by atoms with E-state index < -0.39 is 0 Å². The third-order valence-electron chi connectivity index (χ3n) is 2.53. The molecule has 0 fully saturated rings. The number of halogens is 2. The molecule has 0 aliphatic heterocycles.